The summed E-state index contributed by atoms with van der Waals surface area (Å²) in [5, 5.41) is 0.833. The summed E-state index contributed by atoms with van der Waals surface area (Å²) in [6.07, 6.45) is 4.51. The van der Waals surface area contributed by atoms with Crippen LogP contribution >= 0.6 is 23.1 Å². The van der Waals surface area contributed by atoms with Crippen molar-refractivity contribution in [3.05, 3.63) is 56.4 Å². The van der Waals surface area contributed by atoms with Crippen LogP contribution in [0.15, 0.2) is 29.1 Å². The van der Waals surface area contributed by atoms with Gasteiger partial charge in [0.1, 0.15) is 16.4 Å². The number of thiophene rings is 1. The topological polar surface area (TPSA) is 55.0 Å². The van der Waals surface area contributed by atoms with E-state index in [9.17, 15) is 4.79 Å². The van der Waals surface area contributed by atoms with Crippen molar-refractivity contribution >= 4 is 33.3 Å². The van der Waals surface area contributed by atoms with Gasteiger partial charge in [0.25, 0.3) is 5.56 Å². The van der Waals surface area contributed by atoms with Crippen molar-refractivity contribution in [2.24, 2.45) is 0 Å². The number of ether oxygens (including phenoxy) is 1. The fourth-order valence-electron chi connectivity index (χ4n) is 3.45. The minimum atomic E-state index is 0.0275. The van der Waals surface area contributed by atoms with E-state index in [2.05, 4.69) is 11.1 Å². The van der Waals surface area contributed by atoms with Gasteiger partial charge in [-0.3, -0.25) is 4.79 Å². The van der Waals surface area contributed by atoms with Gasteiger partial charge in [-0.2, -0.15) is 0 Å². The number of nitrogens with zero attached hydrogens (tertiary/aromatic N) is 1. The Balaban J connectivity index is 1.51. The van der Waals surface area contributed by atoms with E-state index in [1.165, 1.54) is 28.8 Å². The average molecular weight is 387 g/mol. The van der Waals surface area contributed by atoms with Gasteiger partial charge in [0.05, 0.1) is 17.7 Å². The molecule has 2 aromatic heterocycles. The monoisotopic (exact) mass is 386 g/mol. The summed E-state index contributed by atoms with van der Waals surface area (Å²) >= 11 is 3.45. The predicted molar refractivity (Wildman–Crippen MR) is 109 cm³/mol. The van der Waals surface area contributed by atoms with Crippen molar-refractivity contribution in [3.63, 3.8) is 0 Å². The van der Waals surface area contributed by atoms with Crippen LogP contribution in [-0.2, 0) is 24.3 Å². The Morgan fingerprint density at radius 3 is 2.96 bits per heavy atom. The Labute approximate surface area is 161 Å². The van der Waals surface area contributed by atoms with Crippen molar-refractivity contribution in [1.82, 2.24) is 9.97 Å². The molecule has 1 aliphatic rings. The van der Waals surface area contributed by atoms with Crippen LogP contribution in [0.3, 0.4) is 0 Å². The molecule has 1 aliphatic carbocycles. The van der Waals surface area contributed by atoms with E-state index in [1.807, 2.05) is 25.1 Å². The molecule has 0 amide bonds. The number of aromatic amines is 1. The third-order valence-electron chi connectivity index (χ3n) is 4.64. The molecule has 0 unspecified atom stereocenters. The van der Waals surface area contributed by atoms with Crippen molar-refractivity contribution in [2.75, 3.05) is 6.61 Å². The summed E-state index contributed by atoms with van der Waals surface area (Å²) in [5.74, 6) is 3.22. The highest BCUT2D eigenvalue weighted by Gasteiger charge is 2.19. The number of nitrogens with one attached hydrogen (secondary N) is 1. The maximum atomic E-state index is 12.6. The first-order valence-electron chi connectivity index (χ1n) is 9.08. The van der Waals surface area contributed by atoms with Crippen LogP contribution in [-0.4, -0.2) is 16.6 Å². The van der Waals surface area contributed by atoms with Crippen LogP contribution in [0.25, 0.3) is 10.2 Å². The second-order valence-corrected chi connectivity index (χ2v) is 8.51. The third-order valence-corrected chi connectivity index (χ3v) is 6.82. The first-order valence-corrected chi connectivity index (χ1v) is 11.0. The Hall–Kier alpha value is -1.79. The standard InChI is InChI=1S/C20H22N2O2S2/c1-2-24-15-9-5-3-7-13(15)11-25-12-17-21-19(23)18-14-8-4-6-10-16(14)26-20(18)22-17/h3,5,7,9H,2,4,6,8,10-12H2,1H3,(H,21,22,23). The first kappa shape index (κ1) is 17.6. The molecule has 0 saturated carbocycles. The van der Waals surface area contributed by atoms with Gasteiger partial charge in [0, 0.05) is 16.2 Å². The predicted octanol–water partition coefficient (Wildman–Crippen LogP) is 4.70. The lowest BCUT2D eigenvalue weighted by Crippen LogP contribution is -2.12. The van der Waals surface area contributed by atoms with E-state index in [0.29, 0.717) is 12.4 Å². The van der Waals surface area contributed by atoms with Crippen LogP contribution in [0.2, 0.25) is 0 Å². The highest BCUT2D eigenvalue weighted by molar-refractivity contribution is 7.97. The van der Waals surface area contributed by atoms with Gasteiger partial charge in [0.15, 0.2) is 0 Å². The molecule has 0 bridgehead atoms. The lowest BCUT2D eigenvalue weighted by Gasteiger charge is -2.10. The molecule has 0 aliphatic heterocycles. The van der Waals surface area contributed by atoms with Crippen LogP contribution in [0.4, 0.5) is 0 Å². The third kappa shape index (κ3) is 3.53. The van der Waals surface area contributed by atoms with Crippen molar-refractivity contribution in [1.29, 1.82) is 0 Å². The zero-order chi connectivity index (χ0) is 17.9. The molecule has 6 heteroatoms. The quantitative estimate of drug-likeness (QED) is 0.667. The molecule has 1 N–H and O–H groups in total. The molecule has 0 radical (unpaired) electrons. The van der Waals surface area contributed by atoms with E-state index in [0.717, 1.165) is 40.4 Å². The maximum Gasteiger partial charge on any atom is 0.259 e. The molecule has 0 fully saturated rings. The van der Waals surface area contributed by atoms with E-state index >= 15 is 0 Å². The van der Waals surface area contributed by atoms with Crippen LogP contribution in [0.5, 0.6) is 5.75 Å². The molecule has 136 valence electrons. The highest BCUT2D eigenvalue weighted by Crippen LogP contribution is 2.33. The minimum absolute atomic E-state index is 0.0275. The largest absolute Gasteiger partial charge is 0.494 e. The van der Waals surface area contributed by atoms with Crippen LogP contribution in [0, 0.1) is 0 Å². The molecular formula is C20H22N2O2S2. The van der Waals surface area contributed by atoms with Crippen molar-refractivity contribution < 1.29 is 4.74 Å². The Bertz CT molecular complexity index is 978. The number of hydrogen-bond acceptors (Lipinski definition) is 5. The smallest absolute Gasteiger partial charge is 0.259 e. The lowest BCUT2D eigenvalue weighted by atomic mass is 9.97. The fourth-order valence-corrected chi connectivity index (χ4v) is 5.63. The number of aryl methyl sites for hydroxylation is 2. The number of benzene rings is 1. The molecular weight excluding hydrogens is 364 g/mol. The summed E-state index contributed by atoms with van der Waals surface area (Å²) in [5.41, 5.74) is 2.45. The summed E-state index contributed by atoms with van der Waals surface area (Å²) in [6.45, 7) is 2.66. The fraction of sp³-hybridized carbons (Fsp3) is 0.400. The molecule has 2 heterocycles. The second kappa shape index (κ2) is 7.84. The average Bonchev–Trinajstić information content (AvgIpc) is 3.02. The summed E-state index contributed by atoms with van der Waals surface area (Å²) < 4.78 is 5.68. The van der Waals surface area contributed by atoms with E-state index < -0.39 is 0 Å². The number of thioether (sulfide) groups is 1. The first-order chi connectivity index (χ1) is 12.8. The van der Waals surface area contributed by atoms with E-state index in [1.54, 1.807) is 23.1 Å². The summed E-state index contributed by atoms with van der Waals surface area (Å²) in [7, 11) is 0. The maximum absolute atomic E-state index is 12.6. The normalized spacial score (nSPS) is 13.7. The number of fused-ring (bicyclic) bond motifs is 3. The van der Waals surface area contributed by atoms with Crippen molar-refractivity contribution in [2.45, 2.75) is 44.1 Å². The molecule has 0 spiro atoms. The molecule has 1 aromatic carbocycles. The van der Waals surface area contributed by atoms with Gasteiger partial charge in [0.2, 0.25) is 0 Å². The number of rotatable bonds is 6. The highest BCUT2D eigenvalue weighted by atomic mass is 32.2. The molecule has 4 rings (SSSR count). The van der Waals surface area contributed by atoms with Gasteiger partial charge in [-0.25, -0.2) is 4.98 Å². The van der Waals surface area contributed by atoms with Crippen molar-refractivity contribution in [3.8, 4) is 5.75 Å². The van der Waals surface area contributed by atoms with Crippen LogP contribution in [0.1, 0.15) is 41.6 Å². The number of aromatic nitrogens is 2. The number of para-hydroxylation sites is 1. The van der Waals surface area contributed by atoms with E-state index in [4.69, 9.17) is 9.72 Å². The van der Waals surface area contributed by atoms with Gasteiger partial charge in [-0.05, 0) is 44.2 Å². The SMILES string of the molecule is CCOc1ccccc1CSCc1nc2sc3c(c2c(=O)[nH]1)CCCC3. The second-order valence-electron chi connectivity index (χ2n) is 6.44. The Morgan fingerprint density at radius 1 is 1.23 bits per heavy atom. The zero-order valence-corrected chi connectivity index (χ0v) is 16.5. The van der Waals surface area contributed by atoms with Gasteiger partial charge >= 0.3 is 0 Å². The van der Waals surface area contributed by atoms with Gasteiger partial charge in [-0.1, -0.05) is 18.2 Å². The van der Waals surface area contributed by atoms with Crippen LogP contribution < -0.4 is 10.3 Å². The molecule has 26 heavy (non-hydrogen) atoms. The molecule has 4 nitrogen and oxygen atoms in total. The Kier molecular flexibility index (Phi) is 5.31. The summed E-state index contributed by atoms with van der Waals surface area (Å²) in [6, 6.07) is 8.11. The number of H-pyrrole nitrogens is 1. The molecule has 3 aromatic rings. The van der Waals surface area contributed by atoms with Gasteiger partial charge < -0.3 is 9.72 Å². The zero-order valence-electron chi connectivity index (χ0n) is 14.8. The van der Waals surface area contributed by atoms with Gasteiger partial charge in [-0.15, -0.1) is 23.1 Å². The Morgan fingerprint density at radius 2 is 2.08 bits per heavy atom. The molecule has 0 atom stereocenters. The number of hydrogen-bond donors (Lipinski definition) is 1. The summed E-state index contributed by atoms with van der Waals surface area (Å²) in [4.78, 5) is 22.6. The lowest BCUT2D eigenvalue weighted by molar-refractivity contribution is 0.337. The van der Waals surface area contributed by atoms with E-state index in [-0.39, 0.29) is 5.56 Å². The molecule has 0 saturated heterocycles. The minimum Gasteiger partial charge on any atom is -0.494 e.